The Kier molecular flexibility index (Phi) is 3.27. The van der Waals surface area contributed by atoms with Crippen molar-refractivity contribution in [2.75, 3.05) is 23.7 Å². The van der Waals surface area contributed by atoms with E-state index in [4.69, 9.17) is 5.73 Å². The van der Waals surface area contributed by atoms with E-state index in [1.54, 1.807) is 16.9 Å². The summed E-state index contributed by atoms with van der Waals surface area (Å²) in [5.74, 6) is -1.55. The van der Waals surface area contributed by atoms with Crippen LogP contribution in [-0.4, -0.2) is 33.8 Å². The molecule has 3 rings (SSSR count). The van der Waals surface area contributed by atoms with Gasteiger partial charge in [0.15, 0.2) is 0 Å². The minimum absolute atomic E-state index is 0.147. The van der Waals surface area contributed by atoms with Crippen molar-refractivity contribution in [3.05, 3.63) is 24.5 Å². The number of anilines is 2. The molecule has 1 fully saturated rings. The third kappa shape index (κ3) is 2.96. The van der Waals surface area contributed by atoms with Crippen molar-refractivity contribution in [2.24, 2.45) is 7.05 Å². The Morgan fingerprint density at radius 2 is 1.90 bits per heavy atom. The summed E-state index contributed by atoms with van der Waals surface area (Å²) in [6.45, 7) is 0.575. The fourth-order valence-corrected chi connectivity index (χ4v) is 2.50. The molecule has 0 bridgehead atoms. The third-order valence-corrected chi connectivity index (χ3v) is 3.69. The normalized spacial score (nSPS) is 18.0. The third-order valence-electron chi connectivity index (χ3n) is 3.69. The summed E-state index contributed by atoms with van der Waals surface area (Å²) in [5, 5.41) is 4.13. The van der Waals surface area contributed by atoms with E-state index in [1.807, 2.05) is 24.2 Å². The molecule has 3 heterocycles. The Morgan fingerprint density at radius 1 is 1.19 bits per heavy atom. The Hall–Kier alpha value is -2.18. The Morgan fingerprint density at radius 3 is 2.52 bits per heavy atom. The smallest absolute Gasteiger partial charge is 0.251 e. The molecular weight excluding hydrogens is 276 g/mol. The van der Waals surface area contributed by atoms with E-state index in [1.165, 1.54) is 0 Å². The van der Waals surface area contributed by atoms with Crippen LogP contribution in [0.15, 0.2) is 24.5 Å². The molecule has 1 aliphatic heterocycles. The van der Waals surface area contributed by atoms with Gasteiger partial charge in [-0.05, 0) is 17.7 Å². The molecule has 0 unspecified atom stereocenters. The number of pyridine rings is 1. The highest BCUT2D eigenvalue weighted by molar-refractivity contribution is 5.69. The van der Waals surface area contributed by atoms with Crippen LogP contribution in [0.3, 0.4) is 0 Å². The van der Waals surface area contributed by atoms with Crippen molar-refractivity contribution in [3.8, 4) is 11.1 Å². The molecule has 0 amide bonds. The second kappa shape index (κ2) is 4.98. The molecule has 7 heteroatoms. The van der Waals surface area contributed by atoms with Crippen LogP contribution in [0.1, 0.15) is 12.8 Å². The highest BCUT2D eigenvalue weighted by Gasteiger charge is 2.34. The maximum Gasteiger partial charge on any atom is 0.251 e. The monoisotopic (exact) mass is 293 g/mol. The van der Waals surface area contributed by atoms with Gasteiger partial charge in [0.2, 0.25) is 0 Å². The number of rotatable bonds is 2. The van der Waals surface area contributed by atoms with Crippen LogP contribution >= 0.6 is 0 Å². The highest BCUT2D eigenvalue weighted by Crippen LogP contribution is 2.32. The Balaban J connectivity index is 1.88. The van der Waals surface area contributed by atoms with E-state index in [0.29, 0.717) is 11.6 Å². The van der Waals surface area contributed by atoms with Gasteiger partial charge in [-0.2, -0.15) is 5.10 Å². The van der Waals surface area contributed by atoms with Crippen molar-refractivity contribution in [2.45, 2.75) is 18.8 Å². The number of hydrogen-bond acceptors (Lipinski definition) is 4. The minimum atomic E-state index is -2.57. The summed E-state index contributed by atoms with van der Waals surface area (Å²) in [6, 6.07) is 3.63. The lowest BCUT2D eigenvalue weighted by Gasteiger charge is -2.32. The largest absolute Gasteiger partial charge is 0.384 e. The summed E-state index contributed by atoms with van der Waals surface area (Å²) in [7, 11) is 1.83. The number of aryl methyl sites for hydroxylation is 1. The van der Waals surface area contributed by atoms with Gasteiger partial charge in [-0.15, -0.1) is 0 Å². The van der Waals surface area contributed by atoms with Crippen LogP contribution in [0.25, 0.3) is 11.1 Å². The predicted molar refractivity (Wildman–Crippen MR) is 77.2 cm³/mol. The van der Waals surface area contributed by atoms with Gasteiger partial charge >= 0.3 is 0 Å². The Labute approximate surface area is 121 Å². The molecule has 21 heavy (non-hydrogen) atoms. The van der Waals surface area contributed by atoms with Crippen molar-refractivity contribution in [1.82, 2.24) is 14.8 Å². The van der Waals surface area contributed by atoms with Gasteiger partial charge < -0.3 is 10.6 Å². The lowest BCUT2D eigenvalue weighted by Crippen LogP contribution is -2.39. The average molecular weight is 293 g/mol. The lowest BCUT2D eigenvalue weighted by atomic mass is 10.1. The Bertz CT molecular complexity index is 643. The van der Waals surface area contributed by atoms with Crippen LogP contribution in [0.4, 0.5) is 20.4 Å². The van der Waals surface area contributed by atoms with E-state index in [0.717, 1.165) is 11.1 Å². The van der Waals surface area contributed by atoms with Gasteiger partial charge in [-0.1, -0.05) is 0 Å². The summed E-state index contributed by atoms with van der Waals surface area (Å²) in [5.41, 5.74) is 7.67. The van der Waals surface area contributed by atoms with Gasteiger partial charge in [0.1, 0.15) is 11.6 Å². The highest BCUT2D eigenvalue weighted by atomic mass is 19.3. The number of aromatic nitrogens is 3. The van der Waals surface area contributed by atoms with Crippen LogP contribution in [-0.2, 0) is 7.05 Å². The van der Waals surface area contributed by atoms with Gasteiger partial charge in [0.05, 0.1) is 6.20 Å². The molecule has 5 nitrogen and oxygen atoms in total. The predicted octanol–water partition coefficient (Wildman–Crippen LogP) is 2.30. The standard InChI is InChI=1S/C14H17F2N5/c1-20-9-11(8-18-20)10-6-12(17)19-13(7-10)21-4-2-14(15,16)3-5-21/h6-9H,2-5H2,1H3,(H2,17,19). The number of piperidine rings is 1. The molecule has 0 aromatic carbocycles. The van der Waals surface area contributed by atoms with E-state index >= 15 is 0 Å². The molecule has 112 valence electrons. The topological polar surface area (TPSA) is 60.0 Å². The average Bonchev–Trinajstić information content (AvgIpc) is 2.85. The van der Waals surface area contributed by atoms with Crippen LogP contribution < -0.4 is 10.6 Å². The number of halogens is 2. The zero-order chi connectivity index (χ0) is 15.0. The zero-order valence-corrected chi connectivity index (χ0v) is 11.8. The number of nitrogens with two attached hydrogens (primary N) is 1. The number of nitrogens with zero attached hydrogens (tertiary/aromatic N) is 4. The molecular formula is C14H17F2N5. The van der Waals surface area contributed by atoms with Crippen molar-refractivity contribution in [1.29, 1.82) is 0 Å². The van der Waals surface area contributed by atoms with Gasteiger partial charge in [0.25, 0.3) is 5.92 Å². The summed E-state index contributed by atoms with van der Waals surface area (Å²) >= 11 is 0. The van der Waals surface area contributed by atoms with Crippen molar-refractivity contribution in [3.63, 3.8) is 0 Å². The molecule has 2 aromatic heterocycles. The summed E-state index contributed by atoms with van der Waals surface area (Å²) in [6.07, 6.45) is 3.32. The van der Waals surface area contributed by atoms with Crippen molar-refractivity contribution < 1.29 is 8.78 Å². The summed E-state index contributed by atoms with van der Waals surface area (Å²) < 4.78 is 28.2. The molecule has 1 aliphatic rings. The lowest BCUT2D eigenvalue weighted by molar-refractivity contribution is -0.0221. The summed E-state index contributed by atoms with van der Waals surface area (Å²) in [4.78, 5) is 6.12. The quantitative estimate of drug-likeness (QED) is 0.923. The first-order valence-electron chi connectivity index (χ1n) is 6.82. The fourth-order valence-electron chi connectivity index (χ4n) is 2.50. The van der Waals surface area contributed by atoms with Crippen LogP contribution in [0, 0.1) is 0 Å². The maximum absolute atomic E-state index is 13.2. The first-order valence-corrected chi connectivity index (χ1v) is 6.82. The molecule has 2 N–H and O–H groups in total. The van der Waals surface area contributed by atoms with E-state index in [-0.39, 0.29) is 25.9 Å². The number of nitrogen functional groups attached to an aromatic ring is 1. The zero-order valence-electron chi connectivity index (χ0n) is 11.8. The van der Waals surface area contributed by atoms with E-state index in [2.05, 4.69) is 10.1 Å². The molecule has 0 saturated carbocycles. The number of hydrogen-bond donors (Lipinski definition) is 1. The van der Waals surface area contributed by atoms with E-state index < -0.39 is 5.92 Å². The van der Waals surface area contributed by atoms with Gasteiger partial charge in [-0.3, -0.25) is 4.68 Å². The first-order chi connectivity index (χ1) is 9.93. The molecule has 0 atom stereocenters. The van der Waals surface area contributed by atoms with Gasteiger partial charge in [-0.25, -0.2) is 13.8 Å². The second-order valence-corrected chi connectivity index (χ2v) is 5.38. The van der Waals surface area contributed by atoms with Gasteiger partial charge in [0, 0.05) is 44.7 Å². The maximum atomic E-state index is 13.2. The first kappa shape index (κ1) is 13.8. The number of alkyl halides is 2. The molecule has 0 spiro atoms. The SMILES string of the molecule is Cn1cc(-c2cc(N)nc(N3CCC(F)(F)CC3)c2)cn1. The van der Waals surface area contributed by atoms with Crippen LogP contribution in [0.2, 0.25) is 0 Å². The molecule has 1 saturated heterocycles. The van der Waals surface area contributed by atoms with Crippen LogP contribution in [0.5, 0.6) is 0 Å². The minimum Gasteiger partial charge on any atom is -0.384 e. The molecule has 0 aliphatic carbocycles. The second-order valence-electron chi connectivity index (χ2n) is 5.38. The van der Waals surface area contributed by atoms with Crippen molar-refractivity contribution >= 4 is 11.6 Å². The molecule has 0 radical (unpaired) electrons. The molecule has 2 aromatic rings. The fraction of sp³-hybridized carbons (Fsp3) is 0.429. The van der Waals surface area contributed by atoms with E-state index in [9.17, 15) is 8.78 Å².